The van der Waals surface area contributed by atoms with Crippen molar-refractivity contribution in [2.45, 2.75) is 13.3 Å². The van der Waals surface area contributed by atoms with Crippen molar-refractivity contribution >= 4 is 17.1 Å². The van der Waals surface area contributed by atoms with E-state index in [1.807, 2.05) is 22.7 Å². The van der Waals surface area contributed by atoms with Crippen molar-refractivity contribution in [2.24, 2.45) is 0 Å². The molecule has 4 nitrogen and oxygen atoms in total. The van der Waals surface area contributed by atoms with Gasteiger partial charge < -0.3 is 5.73 Å². The van der Waals surface area contributed by atoms with Gasteiger partial charge in [-0.05, 0) is 48.4 Å². The Bertz CT molecular complexity index is 772. The zero-order valence-corrected chi connectivity index (χ0v) is 11.2. The van der Waals surface area contributed by atoms with E-state index < -0.39 is 0 Å². The molecule has 0 radical (unpaired) electrons. The van der Waals surface area contributed by atoms with Crippen molar-refractivity contribution in [3.63, 3.8) is 0 Å². The lowest BCUT2D eigenvalue weighted by Crippen LogP contribution is -2.05. The minimum absolute atomic E-state index is 0.0539. The van der Waals surface area contributed by atoms with E-state index >= 15 is 0 Å². The quantitative estimate of drug-likeness (QED) is 0.585. The Morgan fingerprint density at radius 3 is 2.70 bits per heavy atom. The van der Waals surface area contributed by atoms with E-state index in [1.165, 1.54) is 5.56 Å². The molecule has 0 unspecified atom stereocenters. The van der Waals surface area contributed by atoms with Crippen LogP contribution in [0.15, 0.2) is 48.8 Å². The second-order valence-corrected chi connectivity index (χ2v) is 4.71. The van der Waals surface area contributed by atoms with Gasteiger partial charge in [-0.15, -0.1) is 0 Å². The highest BCUT2D eigenvalue weighted by Crippen LogP contribution is 2.15. The van der Waals surface area contributed by atoms with E-state index in [-0.39, 0.29) is 5.78 Å². The largest absolute Gasteiger partial charge is 0.399 e. The Balaban J connectivity index is 2.05. The zero-order chi connectivity index (χ0) is 14.1. The molecule has 1 aromatic carbocycles. The van der Waals surface area contributed by atoms with E-state index in [0.29, 0.717) is 16.9 Å². The van der Waals surface area contributed by atoms with Gasteiger partial charge in [0.05, 0.1) is 6.20 Å². The summed E-state index contributed by atoms with van der Waals surface area (Å²) in [7, 11) is 0. The van der Waals surface area contributed by atoms with Gasteiger partial charge in [0.15, 0.2) is 0 Å². The van der Waals surface area contributed by atoms with E-state index in [0.717, 1.165) is 12.1 Å². The molecule has 100 valence electrons. The average Bonchev–Trinajstić information content (AvgIpc) is 2.90. The number of aromatic nitrogens is 2. The lowest BCUT2D eigenvalue weighted by molar-refractivity contribution is 0.103. The summed E-state index contributed by atoms with van der Waals surface area (Å²) in [6.07, 6.45) is 4.46. The van der Waals surface area contributed by atoms with Gasteiger partial charge in [0.25, 0.3) is 0 Å². The van der Waals surface area contributed by atoms with Crippen molar-refractivity contribution in [1.82, 2.24) is 9.38 Å². The van der Waals surface area contributed by atoms with Crippen molar-refractivity contribution in [2.75, 3.05) is 5.73 Å². The molecule has 3 aromatic rings. The maximum absolute atomic E-state index is 12.5. The van der Waals surface area contributed by atoms with Crippen LogP contribution in [0, 0.1) is 0 Å². The molecule has 0 fully saturated rings. The summed E-state index contributed by atoms with van der Waals surface area (Å²) in [6.45, 7) is 2.09. The Morgan fingerprint density at radius 2 is 2.00 bits per heavy atom. The van der Waals surface area contributed by atoms with Crippen LogP contribution in [0.4, 0.5) is 5.69 Å². The molecule has 0 aliphatic carbocycles. The van der Waals surface area contributed by atoms with Gasteiger partial charge in [-0.25, -0.2) is 4.98 Å². The molecule has 0 bridgehead atoms. The third-order valence-corrected chi connectivity index (χ3v) is 3.39. The fourth-order valence-electron chi connectivity index (χ4n) is 2.19. The first-order chi connectivity index (χ1) is 9.69. The van der Waals surface area contributed by atoms with Crippen molar-refractivity contribution < 1.29 is 4.79 Å². The molecule has 2 heterocycles. The summed E-state index contributed by atoms with van der Waals surface area (Å²) in [5, 5.41) is 0. The predicted molar refractivity (Wildman–Crippen MR) is 78.9 cm³/mol. The maximum atomic E-state index is 12.5. The first-order valence-corrected chi connectivity index (χ1v) is 6.55. The SMILES string of the molecule is CCc1ccn2c(C(=O)c3ccc(N)cc3)cnc2c1. The molecule has 3 rings (SSSR count). The number of carbonyl (C=O) groups is 1. The van der Waals surface area contributed by atoms with Crippen molar-refractivity contribution in [1.29, 1.82) is 0 Å². The summed E-state index contributed by atoms with van der Waals surface area (Å²) >= 11 is 0. The Kier molecular flexibility index (Phi) is 2.99. The first-order valence-electron chi connectivity index (χ1n) is 6.55. The smallest absolute Gasteiger partial charge is 0.211 e. The minimum Gasteiger partial charge on any atom is -0.399 e. The van der Waals surface area contributed by atoms with E-state index in [4.69, 9.17) is 5.73 Å². The number of fused-ring (bicyclic) bond motifs is 1. The normalized spacial score (nSPS) is 10.8. The number of nitrogens with two attached hydrogens (primary N) is 1. The van der Waals surface area contributed by atoms with Gasteiger partial charge in [0.1, 0.15) is 11.3 Å². The fourth-order valence-corrected chi connectivity index (χ4v) is 2.19. The molecule has 0 amide bonds. The lowest BCUT2D eigenvalue weighted by Gasteiger charge is -2.03. The molecular weight excluding hydrogens is 250 g/mol. The summed E-state index contributed by atoms with van der Waals surface area (Å²) in [4.78, 5) is 16.8. The second-order valence-electron chi connectivity index (χ2n) is 4.71. The highest BCUT2D eigenvalue weighted by atomic mass is 16.1. The van der Waals surface area contributed by atoms with Crippen LogP contribution in [0.5, 0.6) is 0 Å². The number of ketones is 1. The highest BCUT2D eigenvalue weighted by molar-refractivity contribution is 6.08. The summed E-state index contributed by atoms with van der Waals surface area (Å²) < 4.78 is 1.82. The Hall–Kier alpha value is -2.62. The van der Waals surface area contributed by atoms with Crippen LogP contribution in [0.2, 0.25) is 0 Å². The molecule has 0 saturated heterocycles. The molecule has 0 aliphatic rings. The second kappa shape index (κ2) is 4.81. The highest BCUT2D eigenvalue weighted by Gasteiger charge is 2.14. The number of benzene rings is 1. The van der Waals surface area contributed by atoms with Gasteiger partial charge in [-0.2, -0.15) is 0 Å². The fraction of sp³-hybridized carbons (Fsp3) is 0.125. The van der Waals surface area contributed by atoms with Gasteiger partial charge in [0, 0.05) is 17.4 Å². The molecular formula is C16H15N3O. The molecule has 0 atom stereocenters. The average molecular weight is 265 g/mol. The van der Waals surface area contributed by atoms with Gasteiger partial charge in [0.2, 0.25) is 5.78 Å². The van der Waals surface area contributed by atoms with E-state index in [9.17, 15) is 4.79 Å². The van der Waals surface area contributed by atoms with Crippen LogP contribution in [-0.2, 0) is 6.42 Å². The van der Waals surface area contributed by atoms with Crippen LogP contribution in [0.1, 0.15) is 28.5 Å². The standard InChI is InChI=1S/C16H15N3O/c1-2-11-7-8-19-14(10-18-15(19)9-11)16(20)12-3-5-13(17)6-4-12/h3-10H,2,17H2,1H3. The number of nitrogens with zero attached hydrogens (tertiary/aromatic N) is 2. The zero-order valence-electron chi connectivity index (χ0n) is 11.2. The van der Waals surface area contributed by atoms with Gasteiger partial charge in [-0.3, -0.25) is 9.20 Å². The van der Waals surface area contributed by atoms with E-state index in [1.54, 1.807) is 30.5 Å². The Morgan fingerprint density at radius 1 is 1.25 bits per heavy atom. The Labute approximate surface area is 116 Å². The topological polar surface area (TPSA) is 60.4 Å². The molecule has 4 heteroatoms. The summed E-state index contributed by atoms with van der Waals surface area (Å²) in [5.41, 5.74) is 9.46. The maximum Gasteiger partial charge on any atom is 0.211 e. The number of nitrogen functional groups attached to an aromatic ring is 1. The number of carbonyl (C=O) groups excluding carboxylic acids is 1. The molecule has 0 aliphatic heterocycles. The van der Waals surface area contributed by atoms with Gasteiger partial charge >= 0.3 is 0 Å². The number of hydrogen-bond donors (Lipinski definition) is 1. The van der Waals surface area contributed by atoms with Crippen LogP contribution in [0.25, 0.3) is 5.65 Å². The molecule has 0 saturated carbocycles. The first kappa shape index (κ1) is 12.4. The summed E-state index contributed by atoms with van der Waals surface area (Å²) in [5.74, 6) is -0.0539. The van der Waals surface area contributed by atoms with E-state index in [2.05, 4.69) is 11.9 Å². The number of hydrogen-bond acceptors (Lipinski definition) is 3. The van der Waals surface area contributed by atoms with Crippen molar-refractivity contribution in [3.8, 4) is 0 Å². The number of pyridine rings is 1. The van der Waals surface area contributed by atoms with Gasteiger partial charge in [-0.1, -0.05) is 6.92 Å². The monoisotopic (exact) mass is 265 g/mol. The van der Waals surface area contributed by atoms with Crippen LogP contribution in [0.3, 0.4) is 0 Å². The molecule has 20 heavy (non-hydrogen) atoms. The van der Waals surface area contributed by atoms with Crippen LogP contribution < -0.4 is 5.73 Å². The third-order valence-electron chi connectivity index (χ3n) is 3.39. The van der Waals surface area contributed by atoms with Crippen LogP contribution >= 0.6 is 0 Å². The number of anilines is 1. The van der Waals surface area contributed by atoms with Crippen LogP contribution in [-0.4, -0.2) is 15.2 Å². The molecule has 2 N–H and O–H groups in total. The minimum atomic E-state index is -0.0539. The number of imidazole rings is 1. The van der Waals surface area contributed by atoms with Crippen molar-refractivity contribution in [3.05, 3.63) is 65.6 Å². The summed E-state index contributed by atoms with van der Waals surface area (Å²) in [6, 6.07) is 10.9. The number of aryl methyl sites for hydroxylation is 1. The molecule has 0 spiro atoms. The number of rotatable bonds is 3. The molecule has 2 aromatic heterocycles. The predicted octanol–water partition coefficient (Wildman–Crippen LogP) is 2.71. The third kappa shape index (κ3) is 2.05. The lowest BCUT2D eigenvalue weighted by atomic mass is 10.1.